The number of rotatable bonds is 4. The summed E-state index contributed by atoms with van der Waals surface area (Å²) in [6.07, 6.45) is 6.21. The van der Waals surface area contributed by atoms with Crippen molar-refractivity contribution in [3.63, 3.8) is 0 Å². The lowest BCUT2D eigenvalue weighted by atomic mass is 9.90. The first-order valence-electron chi connectivity index (χ1n) is 7.87. The monoisotopic (exact) mass is 336 g/mol. The largest absolute Gasteiger partial charge is 0.503 e. The molecule has 0 saturated heterocycles. The van der Waals surface area contributed by atoms with Gasteiger partial charge in [-0.2, -0.15) is 5.10 Å². The molecule has 0 radical (unpaired) electrons. The highest BCUT2D eigenvalue weighted by Crippen LogP contribution is 2.66. The zero-order valence-electron chi connectivity index (χ0n) is 13.3. The fourth-order valence-electron chi connectivity index (χ4n) is 3.91. The maximum absolute atomic E-state index is 12.3. The van der Waals surface area contributed by atoms with Gasteiger partial charge in [-0.1, -0.05) is 31.4 Å². The molecule has 0 heterocycles. The third-order valence-electron chi connectivity index (χ3n) is 5.27. The Morgan fingerprint density at radius 2 is 2.30 bits per heavy atom. The van der Waals surface area contributed by atoms with Crippen molar-refractivity contribution in [3.8, 4) is 11.5 Å². The lowest BCUT2D eigenvalue weighted by molar-refractivity contribution is -0.123. The molecule has 2 aliphatic carbocycles. The van der Waals surface area contributed by atoms with Gasteiger partial charge < -0.3 is 9.84 Å². The van der Waals surface area contributed by atoms with Gasteiger partial charge in [-0.25, -0.2) is 5.43 Å². The number of phenols is 1. The lowest BCUT2D eigenvalue weighted by Gasteiger charge is -2.15. The number of carbonyl (C=O) groups excluding carboxylic acids is 1. The SMILES string of the molecule is COc1cc(/C=N\NC(=O)[C@@H]2[C@@H]3CCCC[C@]23C)cc(Cl)c1O. The average molecular weight is 337 g/mol. The van der Waals surface area contributed by atoms with Crippen molar-refractivity contribution >= 4 is 23.7 Å². The molecule has 2 aliphatic rings. The summed E-state index contributed by atoms with van der Waals surface area (Å²) in [7, 11) is 1.45. The zero-order chi connectivity index (χ0) is 16.6. The highest BCUT2D eigenvalue weighted by Gasteiger charge is 2.64. The summed E-state index contributed by atoms with van der Waals surface area (Å²) >= 11 is 5.92. The van der Waals surface area contributed by atoms with Crippen LogP contribution in [0.3, 0.4) is 0 Å². The number of nitrogens with zero attached hydrogens (tertiary/aromatic N) is 1. The molecule has 124 valence electrons. The van der Waals surface area contributed by atoms with E-state index in [-0.39, 0.29) is 33.8 Å². The Bertz CT molecular complexity index is 661. The Hall–Kier alpha value is -1.75. The molecule has 6 heteroatoms. The number of amides is 1. The van der Waals surface area contributed by atoms with Gasteiger partial charge in [-0.15, -0.1) is 0 Å². The van der Waals surface area contributed by atoms with E-state index in [4.69, 9.17) is 16.3 Å². The molecule has 1 amide bonds. The van der Waals surface area contributed by atoms with Gasteiger partial charge in [0.1, 0.15) is 0 Å². The number of hydrazone groups is 1. The Morgan fingerprint density at radius 3 is 2.96 bits per heavy atom. The van der Waals surface area contributed by atoms with Crippen LogP contribution in [0.1, 0.15) is 38.2 Å². The van der Waals surface area contributed by atoms with Crippen molar-refractivity contribution in [3.05, 3.63) is 22.7 Å². The predicted octanol–water partition coefficient (Wildman–Crippen LogP) is 3.33. The van der Waals surface area contributed by atoms with Gasteiger partial charge in [-0.05, 0) is 41.9 Å². The highest BCUT2D eigenvalue weighted by molar-refractivity contribution is 6.32. The standard InChI is InChI=1S/C17H21ClN2O3/c1-17-6-4-3-5-11(17)14(17)16(22)20-19-9-10-7-12(18)15(21)13(8-10)23-2/h7-9,11,14,21H,3-6H2,1-2H3,(H,20,22)/b19-9-/t11-,14-,17-/m0/s1. The van der Waals surface area contributed by atoms with Crippen LogP contribution in [0.4, 0.5) is 0 Å². The van der Waals surface area contributed by atoms with Gasteiger partial charge in [0.2, 0.25) is 5.91 Å². The summed E-state index contributed by atoms with van der Waals surface area (Å²) in [6.45, 7) is 2.20. The Kier molecular flexibility index (Phi) is 4.23. The van der Waals surface area contributed by atoms with Crippen molar-refractivity contribution < 1.29 is 14.6 Å². The minimum absolute atomic E-state index is 0.00695. The van der Waals surface area contributed by atoms with E-state index < -0.39 is 0 Å². The summed E-state index contributed by atoms with van der Waals surface area (Å²) < 4.78 is 5.04. The van der Waals surface area contributed by atoms with Crippen LogP contribution < -0.4 is 10.2 Å². The first-order chi connectivity index (χ1) is 11.0. The van der Waals surface area contributed by atoms with E-state index in [2.05, 4.69) is 17.5 Å². The van der Waals surface area contributed by atoms with E-state index >= 15 is 0 Å². The number of hydrogen-bond donors (Lipinski definition) is 2. The maximum atomic E-state index is 12.3. The molecular formula is C17H21ClN2O3. The number of fused-ring (bicyclic) bond motifs is 1. The first kappa shape index (κ1) is 16.1. The quantitative estimate of drug-likeness (QED) is 0.654. The molecule has 0 unspecified atom stereocenters. The predicted molar refractivity (Wildman–Crippen MR) is 89.0 cm³/mol. The van der Waals surface area contributed by atoms with E-state index in [0.717, 1.165) is 12.8 Å². The van der Waals surface area contributed by atoms with Crippen LogP contribution in [-0.4, -0.2) is 24.3 Å². The summed E-state index contributed by atoms with van der Waals surface area (Å²) in [5.41, 5.74) is 3.44. The molecule has 2 N–H and O–H groups in total. The van der Waals surface area contributed by atoms with E-state index in [1.807, 2.05) is 0 Å². The highest BCUT2D eigenvalue weighted by atomic mass is 35.5. The van der Waals surface area contributed by atoms with Gasteiger partial charge in [0, 0.05) is 5.92 Å². The van der Waals surface area contributed by atoms with Crippen molar-refractivity contribution in [1.82, 2.24) is 5.43 Å². The molecule has 23 heavy (non-hydrogen) atoms. The number of hydrogen-bond acceptors (Lipinski definition) is 4. The maximum Gasteiger partial charge on any atom is 0.244 e. The van der Waals surface area contributed by atoms with Gasteiger partial charge >= 0.3 is 0 Å². The van der Waals surface area contributed by atoms with Gasteiger partial charge in [0.05, 0.1) is 18.3 Å². The Balaban J connectivity index is 1.63. The van der Waals surface area contributed by atoms with E-state index in [9.17, 15) is 9.90 Å². The molecule has 2 fully saturated rings. The normalized spacial score (nSPS) is 29.2. The first-order valence-corrected chi connectivity index (χ1v) is 8.24. The second-order valence-corrected chi connectivity index (χ2v) is 7.03. The molecule has 0 aliphatic heterocycles. The van der Waals surface area contributed by atoms with Crippen LogP contribution in [0.2, 0.25) is 5.02 Å². The van der Waals surface area contributed by atoms with Gasteiger partial charge in [0.15, 0.2) is 11.5 Å². The van der Waals surface area contributed by atoms with Crippen LogP contribution in [0, 0.1) is 17.3 Å². The van der Waals surface area contributed by atoms with Crippen LogP contribution in [0.25, 0.3) is 0 Å². The van der Waals surface area contributed by atoms with Gasteiger partial charge in [0.25, 0.3) is 0 Å². The van der Waals surface area contributed by atoms with Crippen LogP contribution >= 0.6 is 11.6 Å². The molecule has 3 atom stereocenters. The topological polar surface area (TPSA) is 70.9 Å². The molecule has 1 aromatic carbocycles. The summed E-state index contributed by atoms with van der Waals surface area (Å²) in [5.74, 6) is 0.749. The second kappa shape index (κ2) is 6.04. The number of ether oxygens (including phenoxy) is 1. The van der Waals surface area contributed by atoms with E-state index in [1.54, 1.807) is 12.1 Å². The van der Waals surface area contributed by atoms with Gasteiger partial charge in [-0.3, -0.25) is 4.79 Å². The molecule has 0 aromatic heterocycles. The summed E-state index contributed by atoms with van der Waals surface area (Å²) in [5, 5.41) is 13.9. The van der Waals surface area contributed by atoms with Crippen molar-refractivity contribution in [2.75, 3.05) is 7.11 Å². The van der Waals surface area contributed by atoms with E-state index in [0.29, 0.717) is 11.5 Å². The number of nitrogens with one attached hydrogen (secondary N) is 1. The molecule has 1 aromatic rings. The Morgan fingerprint density at radius 1 is 1.52 bits per heavy atom. The van der Waals surface area contributed by atoms with Crippen molar-refractivity contribution in [2.24, 2.45) is 22.4 Å². The number of phenolic OH excluding ortho intramolecular Hbond substituents is 1. The number of carbonyl (C=O) groups is 1. The van der Waals surface area contributed by atoms with Crippen LogP contribution in [-0.2, 0) is 4.79 Å². The number of aromatic hydroxyl groups is 1. The zero-order valence-corrected chi connectivity index (χ0v) is 14.1. The number of methoxy groups -OCH3 is 1. The third kappa shape index (κ3) is 2.90. The molecule has 5 nitrogen and oxygen atoms in total. The molecular weight excluding hydrogens is 316 g/mol. The minimum atomic E-state index is -0.106. The summed E-state index contributed by atoms with van der Waals surface area (Å²) in [4.78, 5) is 12.3. The van der Waals surface area contributed by atoms with Crippen molar-refractivity contribution in [1.29, 1.82) is 0 Å². The Labute approximate surface area is 140 Å². The third-order valence-corrected chi connectivity index (χ3v) is 5.56. The fourth-order valence-corrected chi connectivity index (χ4v) is 4.13. The average Bonchev–Trinajstić information content (AvgIpc) is 3.16. The number of halogens is 1. The number of benzene rings is 1. The minimum Gasteiger partial charge on any atom is -0.503 e. The smallest absolute Gasteiger partial charge is 0.244 e. The van der Waals surface area contributed by atoms with E-state index in [1.165, 1.54) is 26.2 Å². The van der Waals surface area contributed by atoms with Crippen LogP contribution in [0.15, 0.2) is 17.2 Å². The molecule has 2 saturated carbocycles. The molecule has 0 spiro atoms. The van der Waals surface area contributed by atoms with Crippen LogP contribution in [0.5, 0.6) is 11.5 Å². The second-order valence-electron chi connectivity index (χ2n) is 6.62. The summed E-state index contributed by atoms with van der Waals surface area (Å²) in [6, 6.07) is 3.17. The lowest BCUT2D eigenvalue weighted by Crippen LogP contribution is -2.22. The van der Waals surface area contributed by atoms with Crippen molar-refractivity contribution in [2.45, 2.75) is 32.6 Å². The molecule has 0 bridgehead atoms. The molecule has 3 rings (SSSR count). The fraction of sp³-hybridized carbons (Fsp3) is 0.529.